The lowest BCUT2D eigenvalue weighted by Crippen LogP contribution is -2.01. The molecule has 134 valence electrons. The lowest BCUT2D eigenvalue weighted by molar-refractivity contribution is 0.0690. The fourth-order valence-electron chi connectivity index (χ4n) is 1.87. The van der Waals surface area contributed by atoms with Crippen molar-refractivity contribution in [2.24, 2.45) is 0 Å². The van der Waals surface area contributed by atoms with Crippen molar-refractivity contribution < 1.29 is 9.90 Å². The molecule has 2 heterocycles. The van der Waals surface area contributed by atoms with Gasteiger partial charge in [0.1, 0.15) is 0 Å². The molecule has 0 amide bonds. The molecular weight excluding hydrogens is 334 g/mol. The van der Waals surface area contributed by atoms with Crippen LogP contribution in [0.1, 0.15) is 50.3 Å². The van der Waals surface area contributed by atoms with Crippen LogP contribution in [0.2, 0.25) is 0 Å². The first kappa shape index (κ1) is 20.6. The van der Waals surface area contributed by atoms with Gasteiger partial charge in [-0.1, -0.05) is 75.8 Å². The van der Waals surface area contributed by atoms with Crippen LogP contribution < -0.4 is 0 Å². The van der Waals surface area contributed by atoms with Gasteiger partial charge < -0.3 is 5.11 Å². The van der Waals surface area contributed by atoms with Gasteiger partial charge in [-0.15, -0.1) is 0 Å². The number of nitrogens with zero attached hydrogens (tertiary/aromatic N) is 3. The van der Waals surface area contributed by atoms with E-state index in [9.17, 15) is 4.79 Å². The Labute approximate surface area is 153 Å². The summed E-state index contributed by atoms with van der Waals surface area (Å²) in [5, 5.41) is 13.7. The summed E-state index contributed by atoms with van der Waals surface area (Å²) in [6.45, 7) is 10.1. The summed E-state index contributed by atoms with van der Waals surface area (Å²) in [4.78, 5) is 16.3. The predicted molar refractivity (Wildman–Crippen MR) is 104 cm³/mol. The minimum Gasteiger partial charge on any atom is -0.476 e. The average Bonchev–Trinajstić information content (AvgIpc) is 3.25. The minimum absolute atomic E-state index is 0.0268. The Morgan fingerprint density at radius 3 is 2.32 bits per heavy atom. The second kappa shape index (κ2) is 10.4. The van der Waals surface area contributed by atoms with Gasteiger partial charge in [0.25, 0.3) is 0 Å². The van der Waals surface area contributed by atoms with Crippen LogP contribution in [-0.4, -0.2) is 25.8 Å². The van der Waals surface area contributed by atoms with Crippen molar-refractivity contribution in [1.82, 2.24) is 14.8 Å². The molecule has 0 aliphatic carbocycles. The molecule has 0 atom stereocenters. The van der Waals surface area contributed by atoms with E-state index in [0.29, 0.717) is 5.13 Å². The van der Waals surface area contributed by atoms with E-state index in [-0.39, 0.29) is 5.69 Å². The van der Waals surface area contributed by atoms with E-state index >= 15 is 0 Å². The van der Waals surface area contributed by atoms with Crippen molar-refractivity contribution in [2.75, 3.05) is 0 Å². The summed E-state index contributed by atoms with van der Waals surface area (Å²) in [7, 11) is 0. The molecule has 0 bridgehead atoms. The summed E-state index contributed by atoms with van der Waals surface area (Å²) in [5.74, 6) is -1.04. The summed E-state index contributed by atoms with van der Waals surface area (Å²) in [6.07, 6.45) is 3.02. The lowest BCUT2D eigenvalue weighted by Gasteiger charge is -1.97. The van der Waals surface area contributed by atoms with Crippen LogP contribution in [-0.2, 0) is 0 Å². The van der Waals surface area contributed by atoms with Gasteiger partial charge in [-0.3, -0.25) is 0 Å². The number of aromatic carboxylic acids is 1. The zero-order valence-electron chi connectivity index (χ0n) is 15.4. The van der Waals surface area contributed by atoms with E-state index in [1.54, 1.807) is 10.9 Å². The molecule has 1 N–H and O–H groups in total. The Hall–Kier alpha value is -2.47. The number of carboxylic acids is 1. The van der Waals surface area contributed by atoms with Crippen LogP contribution in [0.3, 0.4) is 0 Å². The normalized spacial score (nSPS) is 9.48. The Kier molecular flexibility index (Phi) is 8.56. The second-order valence-corrected chi connectivity index (χ2v) is 5.98. The third kappa shape index (κ3) is 5.53. The number of thiazole rings is 1. The lowest BCUT2D eigenvalue weighted by atomic mass is 10.2. The third-order valence-electron chi connectivity index (χ3n) is 2.84. The standard InChI is InChI=1S/C14H11N3O2S.C3H8.C2H6/c1-9-7-11(13(18)19)16-17(9)14-15-8-12(20-14)10-5-3-2-4-6-10;1-3-2;1-2/h2-8H,1H3,(H,18,19);3H2,1-2H3;1-2H3. The van der Waals surface area contributed by atoms with Gasteiger partial charge in [0.05, 0.1) is 4.88 Å². The molecule has 1 aromatic carbocycles. The Morgan fingerprint density at radius 1 is 1.20 bits per heavy atom. The molecule has 6 heteroatoms. The number of aromatic nitrogens is 3. The number of rotatable bonds is 3. The number of aryl methyl sites for hydroxylation is 1. The molecular formula is C19H25N3O2S. The molecule has 0 aliphatic heterocycles. The van der Waals surface area contributed by atoms with E-state index in [2.05, 4.69) is 23.9 Å². The molecule has 0 fully saturated rings. The van der Waals surface area contributed by atoms with Gasteiger partial charge in [0.15, 0.2) is 5.69 Å². The highest BCUT2D eigenvalue weighted by molar-refractivity contribution is 7.17. The first-order valence-corrected chi connectivity index (χ1v) is 9.20. The summed E-state index contributed by atoms with van der Waals surface area (Å²) < 4.78 is 1.56. The van der Waals surface area contributed by atoms with Gasteiger partial charge in [-0.2, -0.15) is 5.10 Å². The highest BCUT2D eigenvalue weighted by Gasteiger charge is 2.14. The zero-order chi connectivity index (χ0) is 18.8. The van der Waals surface area contributed by atoms with Gasteiger partial charge in [-0.05, 0) is 18.6 Å². The second-order valence-electron chi connectivity index (χ2n) is 4.97. The maximum atomic E-state index is 10.9. The summed E-state index contributed by atoms with van der Waals surface area (Å²) >= 11 is 1.47. The van der Waals surface area contributed by atoms with Crippen molar-refractivity contribution in [3.05, 3.63) is 54.0 Å². The first-order chi connectivity index (χ1) is 12.1. The van der Waals surface area contributed by atoms with Crippen molar-refractivity contribution >= 4 is 17.3 Å². The predicted octanol–water partition coefficient (Wildman–Crippen LogP) is 5.44. The Balaban J connectivity index is 0.000000567. The van der Waals surface area contributed by atoms with E-state index in [0.717, 1.165) is 16.1 Å². The van der Waals surface area contributed by atoms with Crippen molar-refractivity contribution in [1.29, 1.82) is 0 Å². The first-order valence-electron chi connectivity index (χ1n) is 8.38. The molecule has 0 radical (unpaired) electrons. The molecule has 0 spiro atoms. The number of hydrogen-bond donors (Lipinski definition) is 1. The number of hydrogen-bond acceptors (Lipinski definition) is 4. The molecule has 0 saturated heterocycles. The van der Waals surface area contributed by atoms with Crippen LogP contribution in [0.25, 0.3) is 15.6 Å². The number of carbonyl (C=O) groups is 1. The molecule has 0 saturated carbocycles. The van der Waals surface area contributed by atoms with Crippen LogP contribution >= 0.6 is 11.3 Å². The largest absolute Gasteiger partial charge is 0.476 e. The monoisotopic (exact) mass is 359 g/mol. The molecule has 25 heavy (non-hydrogen) atoms. The zero-order valence-corrected chi connectivity index (χ0v) is 16.2. The molecule has 3 aromatic rings. The van der Waals surface area contributed by atoms with Crippen molar-refractivity contribution in [3.63, 3.8) is 0 Å². The smallest absolute Gasteiger partial charge is 0.356 e. The highest BCUT2D eigenvalue weighted by Crippen LogP contribution is 2.28. The van der Waals surface area contributed by atoms with Crippen LogP contribution in [0.15, 0.2) is 42.6 Å². The fraction of sp³-hybridized carbons (Fsp3) is 0.316. The van der Waals surface area contributed by atoms with E-state index in [1.165, 1.54) is 23.8 Å². The minimum atomic E-state index is -1.04. The third-order valence-corrected chi connectivity index (χ3v) is 3.86. The van der Waals surface area contributed by atoms with E-state index in [1.807, 2.05) is 51.1 Å². The van der Waals surface area contributed by atoms with Crippen molar-refractivity contribution in [2.45, 2.75) is 41.0 Å². The van der Waals surface area contributed by atoms with Gasteiger partial charge in [0, 0.05) is 11.9 Å². The van der Waals surface area contributed by atoms with Gasteiger partial charge in [-0.25, -0.2) is 14.5 Å². The average molecular weight is 359 g/mol. The Morgan fingerprint density at radius 2 is 1.80 bits per heavy atom. The van der Waals surface area contributed by atoms with E-state index in [4.69, 9.17) is 5.11 Å². The van der Waals surface area contributed by atoms with Gasteiger partial charge >= 0.3 is 5.97 Å². The van der Waals surface area contributed by atoms with Crippen LogP contribution in [0.5, 0.6) is 0 Å². The summed E-state index contributed by atoms with van der Waals surface area (Å²) in [6, 6.07) is 11.5. The fourth-order valence-corrected chi connectivity index (χ4v) is 2.80. The SMILES string of the molecule is CC.CCC.Cc1cc(C(=O)O)nn1-c1ncc(-c2ccccc2)s1. The molecule has 2 aromatic heterocycles. The highest BCUT2D eigenvalue weighted by atomic mass is 32.1. The molecule has 5 nitrogen and oxygen atoms in total. The number of benzene rings is 1. The molecule has 0 aliphatic rings. The number of carboxylic acid groups (broad SMARTS) is 1. The summed E-state index contributed by atoms with van der Waals surface area (Å²) in [5.41, 5.74) is 1.86. The van der Waals surface area contributed by atoms with Crippen LogP contribution in [0, 0.1) is 6.92 Å². The maximum Gasteiger partial charge on any atom is 0.356 e. The topological polar surface area (TPSA) is 68.0 Å². The maximum absolute atomic E-state index is 10.9. The van der Waals surface area contributed by atoms with E-state index < -0.39 is 5.97 Å². The quantitative estimate of drug-likeness (QED) is 0.675. The Bertz CT molecular complexity index is 779. The molecule has 0 unspecified atom stereocenters. The van der Waals surface area contributed by atoms with Crippen molar-refractivity contribution in [3.8, 4) is 15.6 Å². The van der Waals surface area contributed by atoms with Gasteiger partial charge in [0.2, 0.25) is 5.13 Å². The van der Waals surface area contributed by atoms with Crippen LogP contribution in [0.4, 0.5) is 0 Å². The molecule has 3 rings (SSSR count).